The summed E-state index contributed by atoms with van der Waals surface area (Å²) in [7, 11) is 0. The lowest BCUT2D eigenvalue weighted by atomic mass is 10.1. The normalized spacial score (nSPS) is 11.2. The first-order valence-corrected chi connectivity index (χ1v) is 13.6. The van der Waals surface area contributed by atoms with Crippen LogP contribution in [0.3, 0.4) is 0 Å². The highest BCUT2D eigenvalue weighted by molar-refractivity contribution is 4.53. The SMILES string of the molecule is CCCCCCCCCCCC(N)N.CCCCCCCCCCCCCC(N)N. The van der Waals surface area contributed by atoms with E-state index in [-0.39, 0.29) is 12.3 Å². The van der Waals surface area contributed by atoms with Crippen molar-refractivity contribution in [1.29, 1.82) is 0 Å². The molecular formula is C26H60N4. The van der Waals surface area contributed by atoms with Crippen LogP contribution in [0.25, 0.3) is 0 Å². The maximum Gasteiger partial charge on any atom is 0.0520 e. The molecule has 0 aliphatic heterocycles. The molecule has 0 saturated carbocycles. The Morgan fingerprint density at radius 1 is 0.333 bits per heavy atom. The van der Waals surface area contributed by atoms with E-state index in [4.69, 9.17) is 22.9 Å². The average molecular weight is 429 g/mol. The van der Waals surface area contributed by atoms with Gasteiger partial charge in [0, 0.05) is 0 Å². The van der Waals surface area contributed by atoms with Gasteiger partial charge in [0.2, 0.25) is 0 Å². The molecule has 0 fully saturated rings. The van der Waals surface area contributed by atoms with Gasteiger partial charge >= 0.3 is 0 Å². The van der Waals surface area contributed by atoms with Gasteiger partial charge < -0.3 is 22.9 Å². The van der Waals surface area contributed by atoms with E-state index in [0.29, 0.717) is 0 Å². The first-order chi connectivity index (χ1) is 14.5. The van der Waals surface area contributed by atoms with Gasteiger partial charge in [-0.1, -0.05) is 142 Å². The van der Waals surface area contributed by atoms with Gasteiger partial charge in [0.25, 0.3) is 0 Å². The minimum absolute atomic E-state index is 0.0976. The molecule has 0 radical (unpaired) electrons. The van der Waals surface area contributed by atoms with Crippen molar-refractivity contribution in [2.75, 3.05) is 0 Å². The summed E-state index contributed by atoms with van der Waals surface area (Å²) in [5, 5.41) is 0. The van der Waals surface area contributed by atoms with Crippen molar-refractivity contribution >= 4 is 0 Å². The van der Waals surface area contributed by atoms with Crippen LogP contribution in [0.2, 0.25) is 0 Å². The molecule has 30 heavy (non-hydrogen) atoms. The van der Waals surface area contributed by atoms with Crippen LogP contribution in [0.15, 0.2) is 0 Å². The Kier molecular flexibility index (Phi) is 30.8. The van der Waals surface area contributed by atoms with Crippen molar-refractivity contribution in [2.45, 2.75) is 167 Å². The molecule has 0 aliphatic rings. The lowest BCUT2D eigenvalue weighted by Crippen LogP contribution is -2.29. The van der Waals surface area contributed by atoms with Crippen LogP contribution in [0, 0.1) is 0 Å². The van der Waals surface area contributed by atoms with Gasteiger partial charge in [0.05, 0.1) is 12.3 Å². The Hall–Kier alpha value is -0.160. The molecule has 4 nitrogen and oxygen atoms in total. The summed E-state index contributed by atoms with van der Waals surface area (Å²) in [6, 6.07) is 0. The molecule has 184 valence electrons. The van der Waals surface area contributed by atoms with Crippen molar-refractivity contribution in [3.05, 3.63) is 0 Å². The highest BCUT2D eigenvalue weighted by Crippen LogP contribution is 2.12. The molecule has 0 amide bonds. The van der Waals surface area contributed by atoms with Gasteiger partial charge in [-0.2, -0.15) is 0 Å². The first kappa shape index (κ1) is 32.0. The van der Waals surface area contributed by atoms with E-state index in [9.17, 15) is 0 Å². The number of nitrogens with two attached hydrogens (primary N) is 4. The van der Waals surface area contributed by atoms with Crippen LogP contribution < -0.4 is 22.9 Å². The van der Waals surface area contributed by atoms with Gasteiger partial charge in [0.15, 0.2) is 0 Å². The molecule has 0 atom stereocenters. The van der Waals surface area contributed by atoms with E-state index < -0.39 is 0 Å². The van der Waals surface area contributed by atoms with Crippen molar-refractivity contribution in [1.82, 2.24) is 0 Å². The Morgan fingerprint density at radius 2 is 0.533 bits per heavy atom. The van der Waals surface area contributed by atoms with Gasteiger partial charge in [0.1, 0.15) is 0 Å². The molecule has 0 aromatic heterocycles. The standard InChI is InChI=1S/C14H32N2.C12H28N2/c1-2-3-4-5-6-7-8-9-10-11-12-13-14(15)16;1-2-3-4-5-6-7-8-9-10-11-12(13)14/h14H,2-13,15-16H2,1H3;12H,2-11,13-14H2,1H3. The molecule has 0 aromatic rings. The molecule has 0 saturated heterocycles. The highest BCUT2D eigenvalue weighted by Gasteiger charge is 1.96. The zero-order valence-electron chi connectivity index (χ0n) is 21.0. The largest absolute Gasteiger partial charge is 0.316 e. The zero-order valence-corrected chi connectivity index (χ0v) is 21.0. The Labute approximate surface area is 190 Å². The predicted octanol–water partition coefficient (Wildman–Crippen LogP) is 7.08. The maximum atomic E-state index is 5.49. The average Bonchev–Trinajstić information content (AvgIpc) is 2.71. The monoisotopic (exact) mass is 428 g/mol. The Balaban J connectivity index is 0. The summed E-state index contributed by atoms with van der Waals surface area (Å²) in [6.45, 7) is 4.53. The summed E-state index contributed by atoms with van der Waals surface area (Å²) in [5.74, 6) is 0. The molecule has 0 aliphatic carbocycles. The van der Waals surface area contributed by atoms with Crippen molar-refractivity contribution in [3.63, 3.8) is 0 Å². The van der Waals surface area contributed by atoms with Crippen LogP contribution in [-0.4, -0.2) is 12.3 Å². The van der Waals surface area contributed by atoms with Crippen molar-refractivity contribution in [3.8, 4) is 0 Å². The van der Waals surface area contributed by atoms with Crippen LogP contribution >= 0.6 is 0 Å². The fourth-order valence-corrected chi connectivity index (χ4v) is 3.73. The highest BCUT2D eigenvalue weighted by atomic mass is 14.8. The lowest BCUT2D eigenvalue weighted by Gasteiger charge is -2.04. The summed E-state index contributed by atoms with van der Waals surface area (Å²) < 4.78 is 0. The topological polar surface area (TPSA) is 104 Å². The summed E-state index contributed by atoms with van der Waals surface area (Å²) in [6.07, 6.45) is 29.2. The second-order valence-electron chi connectivity index (χ2n) is 9.27. The molecule has 0 unspecified atom stereocenters. The smallest absolute Gasteiger partial charge is 0.0520 e. The minimum Gasteiger partial charge on any atom is -0.316 e. The van der Waals surface area contributed by atoms with Crippen LogP contribution in [0.5, 0.6) is 0 Å². The van der Waals surface area contributed by atoms with E-state index in [0.717, 1.165) is 12.8 Å². The number of rotatable bonds is 22. The third kappa shape index (κ3) is 35.3. The summed E-state index contributed by atoms with van der Waals surface area (Å²) >= 11 is 0. The van der Waals surface area contributed by atoms with E-state index >= 15 is 0 Å². The van der Waals surface area contributed by atoms with E-state index in [1.165, 1.54) is 128 Å². The van der Waals surface area contributed by atoms with Crippen LogP contribution in [0.1, 0.15) is 155 Å². The Bertz CT molecular complexity index is 282. The van der Waals surface area contributed by atoms with Crippen LogP contribution in [0.4, 0.5) is 0 Å². The molecule has 4 heteroatoms. The molecule has 0 rings (SSSR count). The second kappa shape index (κ2) is 28.8. The third-order valence-electron chi connectivity index (χ3n) is 5.78. The number of hydrogen-bond acceptors (Lipinski definition) is 4. The zero-order chi connectivity index (χ0) is 22.7. The third-order valence-corrected chi connectivity index (χ3v) is 5.78. The molecule has 0 heterocycles. The maximum absolute atomic E-state index is 5.49. The minimum atomic E-state index is -0.0986. The fourth-order valence-electron chi connectivity index (χ4n) is 3.73. The Morgan fingerprint density at radius 3 is 0.733 bits per heavy atom. The van der Waals surface area contributed by atoms with E-state index in [2.05, 4.69) is 13.8 Å². The van der Waals surface area contributed by atoms with Gasteiger partial charge in [-0.15, -0.1) is 0 Å². The summed E-state index contributed by atoms with van der Waals surface area (Å²) in [5.41, 5.74) is 21.9. The second-order valence-corrected chi connectivity index (χ2v) is 9.27. The van der Waals surface area contributed by atoms with Gasteiger partial charge in [-0.25, -0.2) is 0 Å². The van der Waals surface area contributed by atoms with E-state index in [1.807, 2.05) is 0 Å². The predicted molar refractivity (Wildman–Crippen MR) is 137 cm³/mol. The van der Waals surface area contributed by atoms with Crippen molar-refractivity contribution in [2.24, 2.45) is 22.9 Å². The number of hydrogen-bond donors (Lipinski definition) is 4. The molecule has 0 aromatic carbocycles. The van der Waals surface area contributed by atoms with Gasteiger partial charge in [-0.05, 0) is 12.8 Å². The molecule has 0 bridgehead atoms. The van der Waals surface area contributed by atoms with Crippen LogP contribution in [-0.2, 0) is 0 Å². The van der Waals surface area contributed by atoms with Crippen molar-refractivity contribution < 1.29 is 0 Å². The quantitative estimate of drug-likeness (QED) is 0.109. The number of unbranched alkanes of at least 4 members (excludes halogenated alkanes) is 18. The molecule has 0 spiro atoms. The fraction of sp³-hybridized carbons (Fsp3) is 1.00. The molecular weight excluding hydrogens is 368 g/mol. The first-order valence-electron chi connectivity index (χ1n) is 13.6. The van der Waals surface area contributed by atoms with Gasteiger partial charge in [-0.3, -0.25) is 0 Å². The lowest BCUT2D eigenvalue weighted by molar-refractivity contribution is 0.525. The van der Waals surface area contributed by atoms with E-state index in [1.54, 1.807) is 0 Å². The molecule has 8 N–H and O–H groups in total. The summed E-state index contributed by atoms with van der Waals surface area (Å²) in [4.78, 5) is 0.